The van der Waals surface area contributed by atoms with Gasteiger partial charge in [-0.2, -0.15) is 11.8 Å². The Morgan fingerprint density at radius 1 is 1.09 bits per heavy atom. The Labute approximate surface area is 192 Å². The third kappa shape index (κ3) is 12.3. The highest BCUT2D eigenvalue weighted by atomic mass is 32.2. The minimum Gasteiger partial charge on any atom is -0.480 e. The van der Waals surface area contributed by atoms with Gasteiger partial charge in [0.2, 0.25) is 17.7 Å². The summed E-state index contributed by atoms with van der Waals surface area (Å²) in [5, 5.41) is 16.9. The van der Waals surface area contributed by atoms with Gasteiger partial charge in [0.1, 0.15) is 12.1 Å². The molecular formula is C19H37N7O5S. The molecule has 0 fully saturated rings. The van der Waals surface area contributed by atoms with Crippen LogP contribution in [0.25, 0.3) is 0 Å². The molecule has 12 nitrogen and oxygen atoms in total. The topological polar surface area (TPSA) is 215 Å². The van der Waals surface area contributed by atoms with Crippen LogP contribution in [0.3, 0.4) is 0 Å². The Bertz CT molecular complexity index is 658. The van der Waals surface area contributed by atoms with Crippen molar-refractivity contribution in [2.24, 2.45) is 28.1 Å². The van der Waals surface area contributed by atoms with Crippen LogP contribution < -0.4 is 33.2 Å². The Balaban J connectivity index is 4.91. The lowest BCUT2D eigenvalue weighted by Gasteiger charge is -2.25. The van der Waals surface area contributed by atoms with E-state index in [1.54, 1.807) is 18.7 Å². The third-order valence-corrected chi connectivity index (χ3v) is 5.41. The molecule has 0 aromatic heterocycles. The fourth-order valence-corrected chi connectivity index (χ4v) is 3.11. The summed E-state index contributed by atoms with van der Waals surface area (Å²) in [5.41, 5.74) is 16.2. The van der Waals surface area contributed by atoms with Gasteiger partial charge in [0.05, 0.1) is 12.6 Å². The molecule has 4 atom stereocenters. The highest BCUT2D eigenvalue weighted by molar-refractivity contribution is 7.98. The first-order chi connectivity index (χ1) is 15.0. The molecule has 0 saturated heterocycles. The van der Waals surface area contributed by atoms with Crippen LogP contribution >= 0.6 is 11.8 Å². The zero-order valence-corrected chi connectivity index (χ0v) is 19.7. The molecule has 13 heteroatoms. The lowest BCUT2D eigenvalue weighted by molar-refractivity contribution is -0.142. The van der Waals surface area contributed by atoms with E-state index >= 15 is 0 Å². The van der Waals surface area contributed by atoms with E-state index in [-0.39, 0.29) is 31.4 Å². The van der Waals surface area contributed by atoms with Gasteiger partial charge in [-0.3, -0.25) is 19.4 Å². The van der Waals surface area contributed by atoms with Crippen molar-refractivity contribution in [3.05, 3.63) is 0 Å². The van der Waals surface area contributed by atoms with Gasteiger partial charge in [-0.05, 0) is 37.2 Å². The Morgan fingerprint density at radius 3 is 2.28 bits per heavy atom. The fraction of sp³-hybridized carbons (Fsp3) is 0.737. The quantitative estimate of drug-likeness (QED) is 0.0771. The largest absolute Gasteiger partial charge is 0.480 e. The summed E-state index contributed by atoms with van der Waals surface area (Å²) >= 11 is 1.56. The molecule has 0 aliphatic rings. The first-order valence-electron chi connectivity index (χ1n) is 10.4. The Kier molecular flexibility index (Phi) is 14.9. The second-order valence-corrected chi connectivity index (χ2v) is 8.37. The number of thioether (sulfide) groups is 1. The van der Waals surface area contributed by atoms with Crippen LogP contribution in [0.4, 0.5) is 0 Å². The standard InChI is InChI=1S/C19H37N7O5S/c1-4-11(2)15(26-14(27)10-24-16(28)12(20)7-9-32-3)17(29)25-13(18(30)31)6-5-8-23-19(21)22/h11-13,15H,4-10,20H2,1-3H3,(H,24,28)(H,25,29)(H,26,27)(H,30,31)(H4,21,22,23). The number of carbonyl (C=O) groups excluding carboxylic acids is 3. The first kappa shape index (κ1) is 29.5. The highest BCUT2D eigenvalue weighted by Gasteiger charge is 2.29. The summed E-state index contributed by atoms with van der Waals surface area (Å²) in [6.07, 6.45) is 3.40. The van der Waals surface area contributed by atoms with E-state index in [4.69, 9.17) is 17.2 Å². The molecule has 0 radical (unpaired) electrons. The van der Waals surface area contributed by atoms with Gasteiger partial charge in [0.15, 0.2) is 5.96 Å². The van der Waals surface area contributed by atoms with E-state index in [1.807, 2.05) is 13.2 Å². The number of hydrogen-bond acceptors (Lipinski definition) is 7. The SMILES string of the molecule is CCC(C)C(NC(=O)CNC(=O)C(N)CCSC)C(=O)NC(CCCN=C(N)N)C(=O)O. The average molecular weight is 476 g/mol. The molecule has 0 aromatic carbocycles. The van der Waals surface area contributed by atoms with Crippen molar-refractivity contribution in [2.45, 2.75) is 57.7 Å². The molecule has 0 aromatic rings. The Hall–Kier alpha value is -2.54. The highest BCUT2D eigenvalue weighted by Crippen LogP contribution is 2.09. The van der Waals surface area contributed by atoms with Gasteiger partial charge < -0.3 is 38.3 Å². The lowest BCUT2D eigenvalue weighted by Crippen LogP contribution is -2.55. The molecule has 0 rings (SSSR count). The average Bonchev–Trinajstić information content (AvgIpc) is 2.74. The number of aliphatic carboxylic acids is 1. The molecule has 3 amide bonds. The maximum absolute atomic E-state index is 12.7. The van der Waals surface area contributed by atoms with Crippen molar-refractivity contribution >= 4 is 41.4 Å². The zero-order valence-electron chi connectivity index (χ0n) is 18.9. The van der Waals surface area contributed by atoms with Crippen LogP contribution in [0, 0.1) is 5.92 Å². The van der Waals surface area contributed by atoms with E-state index in [2.05, 4.69) is 20.9 Å². The summed E-state index contributed by atoms with van der Waals surface area (Å²) in [6, 6.07) is -2.84. The fourth-order valence-electron chi connectivity index (χ4n) is 2.62. The summed E-state index contributed by atoms with van der Waals surface area (Å²) < 4.78 is 0. The number of nitrogens with zero attached hydrogens (tertiary/aromatic N) is 1. The number of aliphatic imine (C=N–C) groups is 1. The van der Waals surface area contributed by atoms with Crippen molar-refractivity contribution in [3.8, 4) is 0 Å². The molecule has 10 N–H and O–H groups in total. The molecular weight excluding hydrogens is 438 g/mol. The summed E-state index contributed by atoms with van der Waals surface area (Å²) in [7, 11) is 0. The predicted octanol–water partition coefficient (Wildman–Crippen LogP) is -1.66. The number of rotatable bonds is 16. The second kappa shape index (κ2) is 16.1. The lowest BCUT2D eigenvalue weighted by atomic mass is 9.97. The van der Waals surface area contributed by atoms with Crippen LogP contribution in [0.5, 0.6) is 0 Å². The van der Waals surface area contributed by atoms with Crippen molar-refractivity contribution in [1.82, 2.24) is 16.0 Å². The third-order valence-electron chi connectivity index (χ3n) is 4.76. The van der Waals surface area contributed by atoms with Crippen LogP contribution in [0.2, 0.25) is 0 Å². The number of carboxylic acids is 1. The van der Waals surface area contributed by atoms with Crippen LogP contribution in [-0.2, 0) is 19.2 Å². The number of nitrogens with one attached hydrogen (secondary N) is 3. The zero-order chi connectivity index (χ0) is 24.7. The minimum atomic E-state index is -1.20. The van der Waals surface area contributed by atoms with Crippen molar-refractivity contribution in [3.63, 3.8) is 0 Å². The molecule has 0 bridgehead atoms. The van der Waals surface area contributed by atoms with Gasteiger partial charge in [0.25, 0.3) is 0 Å². The van der Waals surface area contributed by atoms with E-state index in [0.717, 1.165) is 0 Å². The van der Waals surface area contributed by atoms with Gasteiger partial charge in [-0.25, -0.2) is 4.79 Å². The van der Waals surface area contributed by atoms with E-state index in [9.17, 15) is 24.3 Å². The first-order valence-corrected chi connectivity index (χ1v) is 11.8. The number of carboxylic acid groups (broad SMARTS) is 1. The van der Waals surface area contributed by atoms with Gasteiger partial charge in [-0.15, -0.1) is 0 Å². The Morgan fingerprint density at radius 2 is 1.75 bits per heavy atom. The van der Waals surface area contributed by atoms with Crippen molar-refractivity contribution in [2.75, 3.05) is 25.1 Å². The number of amides is 3. The second-order valence-electron chi connectivity index (χ2n) is 7.38. The molecule has 0 aliphatic carbocycles. The van der Waals surface area contributed by atoms with Crippen LogP contribution in [0.1, 0.15) is 39.5 Å². The van der Waals surface area contributed by atoms with Crippen LogP contribution in [0.15, 0.2) is 4.99 Å². The molecule has 0 aliphatic heterocycles. The smallest absolute Gasteiger partial charge is 0.326 e. The monoisotopic (exact) mass is 475 g/mol. The maximum Gasteiger partial charge on any atom is 0.326 e. The molecule has 32 heavy (non-hydrogen) atoms. The van der Waals surface area contributed by atoms with Gasteiger partial charge in [-0.1, -0.05) is 20.3 Å². The normalized spacial score (nSPS) is 14.4. The van der Waals surface area contributed by atoms with E-state index < -0.39 is 41.8 Å². The van der Waals surface area contributed by atoms with Crippen molar-refractivity contribution < 1.29 is 24.3 Å². The molecule has 0 heterocycles. The number of nitrogens with two attached hydrogens (primary N) is 3. The molecule has 4 unspecified atom stereocenters. The maximum atomic E-state index is 12.7. The van der Waals surface area contributed by atoms with E-state index in [0.29, 0.717) is 25.0 Å². The number of carbonyl (C=O) groups is 4. The number of hydrogen-bond donors (Lipinski definition) is 7. The minimum absolute atomic E-state index is 0.0993. The summed E-state index contributed by atoms with van der Waals surface area (Å²) in [5.74, 6) is -2.50. The molecule has 184 valence electrons. The van der Waals surface area contributed by atoms with Gasteiger partial charge >= 0.3 is 5.97 Å². The summed E-state index contributed by atoms with van der Waals surface area (Å²) in [6.45, 7) is 3.49. The van der Waals surface area contributed by atoms with E-state index in [1.165, 1.54) is 0 Å². The summed E-state index contributed by atoms with van der Waals surface area (Å²) in [4.78, 5) is 52.3. The molecule has 0 saturated carbocycles. The van der Waals surface area contributed by atoms with Gasteiger partial charge in [0, 0.05) is 6.54 Å². The van der Waals surface area contributed by atoms with Crippen LogP contribution in [-0.4, -0.2) is 78.0 Å². The molecule has 0 spiro atoms. The number of guanidine groups is 1. The predicted molar refractivity (Wildman–Crippen MR) is 125 cm³/mol. The van der Waals surface area contributed by atoms with Crippen molar-refractivity contribution in [1.29, 1.82) is 0 Å².